The van der Waals surface area contributed by atoms with Gasteiger partial charge in [0.1, 0.15) is 18.4 Å². The van der Waals surface area contributed by atoms with Gasteiger partial charge in [0.25, 0.3) is 0 Å². The first kappa shape index (κ1) is 24.4. The molecule has 0 bridgehead atoms. The molecule has 1 aromatic carbocycles. The third kappa shape index (κ3) is 5.97. The van der Waals surface area contributed by atoms with Crippen LogP contribution in [0.25, 0.3) is 6.08 Å². The zero-order chi connectivity index (χ0) is 24.5. The third-order valence-corrected chi connectivity index (χ3v) is 4.73. The molecule has 2 amide bonds. The average Bonchev–Trinajstić information content (AvgIpc) is 3.37. The largest absolute Gasteiger partial charge is 0.493 e. The number of benzene rings is 1. The Kier molecular flexibility index (Phi) is 8.33. The first-order valence-electron chi connectivity index (χ1n) is 10.6. The number of amides is 2. The maximum absolute atomic E-state index is 12.6. The van der Waals surface area contributed by atoms with E-state index < -0.39 is 24.0 Å². The van der Waals surface area contributed by atoms with Gasteiger partial charge in [-0.15, -0.1) is 0 Å². The highest BCUT2D eigenvalue weighted by atomic mass is 16.5. The first-order chi connectivity index (χ1) is 16.5. The summed E-state index contributed by atoms with van der Waals surface area (Å²) in [5.41, 5.74) is 0.884. The highest BCUT2D eigenvalue weighted by Gasteiger charge is 2.35. The zero-order valence-electron chi connectivity index (χ0n) is 19.1. The number of furan rings is 1. The molecule has 0 aliphatic carbocycles. The molecule has 3 rings (SSSR count). The molecule has 10 nitrogen and oxygen atoms in total. The van der Waals surface area contributed by atoms with Gasteiger partial charge in [-0.05, 0) is 49.8 Å². The standard InChI is InChI=1S/C24H26N2O8/c1-4-31-17-10-8-15(13-19(17)30-3)9-11-20(27)34-14-16-21(23(28)32-5-2)22(26-24(29)25-16)18-7-6-12-33-18/h6-13,22H,4-5,14H2,1-3H3,(H2,25,26,29)/b11-9+. The van der Waals surface area contributed by atoms with Gasteiger partial charge in [-0.25, -0.2) is 14.4 Å². The van der Waals surface area contributed by atoms with Crippen molar-refractivity contribution in [3.05, 3.63) is 65.3 Å². The van der Waals surface area contributed by atoms with Gasteiger partial charge < -0.3 is 34.0 Å². The number of hydrogen-bond donors (Lipinski definition) is 2. The van der Waals surface area contributed by atoms with E-state index in [2.05, 4.69) is 10.6 Å². The lowest BCUT2D eigenvalue weighted by molar-refractivity contribution is -0.140. The Hall–Kier alpha value is -4.21. The zero-order valence-corrected chi connectivity index (χ0v) is 19.1. The SMILES string of the molecule is CCOC(=O)C1=C(COC(=O)/C=C/c2ccc(OCC)c(OC)c2)NC(=O)NC1c1ccco1. The maximum atomic E-state index is 12.6. The second-order valence-corrected chi connectivity index (χ2v) is 6.94. The fourth-order valence-corrected chi connectivity index (χ4v) is 3.27. The molecule has 1 aliphatic heterocycles. The topological polar surface area (TPSA) is 125 Å². The lowest BCUT2D eigenvalue weighted by atomic mass is 10.0. The average molecular weight is 470 g/mol. The number of esters is 2. The third-order valence-electron chi connectivity index (χ3n) is 4.73. The molecule has 1 aromatic heterocycles. The van der Waals surface area contributed by atoms with Crippen molar-refractivity contribution in [1.29, 1.82) is 0 Å². The predicted molar refractivity (Wildman–Crippen MR) is 121 cm³/mol. The summed E-state index contributed by atoms with van der Waals surface area (Å²) in [7, 11) is 1.53. The maximum Gasteiger partial charge on any atom is 0.338 e. The Labute approximate surface area is 196 Å². The number of hydrogen-bond acceptors (Lipinski definition) is 8. The Morgan fingerprint density at radius 1 is 1.12 bits per heavy atom. The van der Waals surface area contributed by atoms with Crippen molar-refractivity contribution >= 4 is 24.0 Å². The minimum atomic E-state index is -0.886. The van der Waals surface area contributed by atoms with Crippen molar-refractivity contribution in [2.24, 2.45) is 0 Å². The van der Waals surface area contributed by atoms with Crippen LogP contribution in [-0.4, -0.2) is 44.9 Å². The molecule has 0 saturated heterocycles. The van der Waals surface area contributed by atoms with E-state index in [1.807, 2.05) is 6.92 Å². The summed E-state index contributed by atoms with van der Waals surface area (Å²) in [5.74, 6) is 0.121. The second kappa shape index (κ2) is 11.6. The number of carbonyl (C=O) groups excluding carboxylic acids is 3. The summed E-state index contributed by atoms with van der Waals surface area (Å²) in [6.45, 7) is 3.80. The van der Waals surface area contributed by atoms with Gasteiger partial charge in [-0.3, -0.25) is 0 Å². The van der Waals surface area contributed by atoms with E-state index in [9.17, 15) is 14.4 Å². The molecule has 2 N–H and O–H groups in total. The van der Waals surface area contributed by atoms with Crippen LogP contribution in [0.2, 0.25) is 0 Å². The summed E-state index contributed by atoms with van der Waals surface area (Å²) in [6, 6.07) is 7.01. The van der Waals surface area contributed by atoms with Gasteiger partial charge >= 0.3 is 18.0 Å². The van der Waals surface area contributed by atoms with Crippen molar-refractivity contribution in [3.8, 4) is 11.5 Å². The number of urea groups is 1. The molecule has 0 saturated carbocycles. The smallest absolute Gasteiger partial charge is 0.338 e. The van der Waals surface area contributed by atoms with E-state index in [-0.39, 0.29) is 24.5 Å². The van der Waals surface area contributed by atoms with Crippen molar-refractivity contribution in [2.75, 3.05) is 26.9 Å². The molecule has 2 aromatic rings. The molecule has 2 heterocycles. The summed E-state index contributed by atoms with van der Waals surface area (Å²) in [6.07, 6.45) is 4.20. The number of rotatable bonds is 10. The van der Waals surface area contributed by atoms with E-state index in [4.69, 9.17) is 23.4 Å². The van der Waals surface area contributed by atoms with Crippen LogP contribution in [0.15, 0.2) is 58.4 Å². The molecule has 0 radical (unpaired) electrons. The molecule has 1 unspecified atom stereocenters. The van der Waals surface area contributed by atoms with Gasteiger partial charge in [-0.2, -0.15) is 0 Å². The lowest BCUT2D eigenvalue weighted by Gasteiger charge is -2.27. The van der Waals surface area contributed by atoms with Crippen LogP contribution < -0.4 is 20.1 Å². The molecule has 0 spiro atoms. The van der Waals surface area contributed by atoms with Crippen molar-refractivity contribution < 1.29 is 37.7 Å². The monoisotopic (exact) mass is 470 g/mol. The fourth-order valence-electron chi connectivity index (χ4n) is 3.27. The minimum Gasteiger partial charge on any atom is -0.493 e. The van der Waals surface area contributed by atoms with E-state index in [0.29, 0.717) is 29.4 Å². The second-order valence-electron chi connectivity index (χ2n) is 6.94. The van der Waals surface area contributed by atoms with Gasteiger partial charge in [-0.1, -0.05) is 6.07 Å². The summed E-state index contributed by atoms with van der Waals surface area (Å²) in [4.78, 5) is 37.1. The van der Waals surface area contributed by atoms with Crippen molar-refractivity contribution in [1.82, 2.24) is 10.6 Å². The van der Waals surface area contributed by atoms with Gasteiger partial charge in [0, 0.05) is 6.08 Å². The molecule has 1 atom stereocenters. The van der Waals surface area contributed by atoms with Gasteiger partial charge in [0.15, 0.2) is 11.5 Å². The van der Waals surface area contributed by atoms with Crippen molar-refractivity contribution in [2.45, 2.75) is 19.9 Å². The summed E-state index contributed by atoms with van der Waals surface area (Å²) >= 11 is 0. The predicted octanol–water partition coefficient (Wildman–Crippen LogP) is 3.11. The molecule has 1 aliphatic rings. The molecule has 0 fully saturated rings. The quantitative estimate of drug-likeness (QED) is 0.401. The van der Waals surface area contributed by atoms with Gasteiger partial charge in [0.05, 0.1) is 37.9 Å². The minimum absolute atomic E-state index is 0.0874. The normalized spacial score (nSPS) is 15.5. The van der Waals surface area contributed by atoms with Crippen LogP contribution in [0.4, 0.5) is 4.79 Å². The molecule has 10 heteroatoms. The highest BCUT2D eigenvalue weighted by molar-refractivity contribution is 5.95. The van der Waals surface area contributed by atoms with Crippen LogP contribution in [0.5, 0.6) is 11.5 Å². The van der Waals surface area contributed by atoms with Crippen LogP contribution in [-0.2, 0) is 19.1 Å². The Morgan fingerprint density at radius 3 is 2.62 bits per heavy atom. The Morgan fingerprint density at radius 2 is 1.94 bits per heavy atom. The number of methoxy groups -OCH3 is 1. The number of carbonyl (C=O) groups is 3. The highest BCUT2D eigenvalue weighted by Crippen LogP contribution is 2.29. The van der Waals surface area contributed by atoms with Gasteiger partial charge in [0.2, 0.25) is 0 Å². The lowest BCUT2D eigenvalue weighted by Crippen LogP contribution is -2.47. The van der Waals surface area contributed by atoms with E-state index >= 15 is 0 Å². The summed E-state index contributed by atoms with van der Waals surface area (Å²) in [5, 5.41) is 5.13. The molecule has 34 heavy (non-hydrogen) atoms. The molecular formula is C24H26N2O8. The number of ether oxygens (including phenoxy) is 4. The van der Waals surface area contributed by atoms with Crippen molar-refractivity contribution in [3.63, 3.8) is 0 Å². The first-order valence-corrected chi connectivity index (χ1v) is 10.6. The summed E-state index contributed by atoms with van der Waals surface area (Å²) < 4.78 is 26.5. The Balaban J connectivity index is 1.75. The van der Waals surface area contributed by atoms with Crippen LogP contribution in [0, 0.1) is 0 Å². The number of nitrogens with one attached hydrogen (secondary N) is 2. The van der Waals surface area contributed by atoms with E-state index in [0.717, 1.165) is 0 Å². The van der Waals surface area contributed by atoms with E-state index in [1.165, 1.54) is 19.4 Å². The van der Waals surface area contributed by atoms with Crippen LogP contribution in [0.3, 0.4) is 0 Å². The molecular weight excluding hydrogens is 444 g/mol. The Bertz CT molecular complexity index is 1090. The van der Waals surface area contributed by atoms with E-state index in [1.54, 1.807) is 43.3 Å². The fraction of sp³-hybridized carbons (Fsp3) is 0.292. The van der Waals surface area contributed by atoms with Crippen LogP contribution >= 0.6 is 0 Å². The molecule has 180 valence electrons. The van der Waals surface area contributed by atoms with Crippen LogP contribution in [0.1, 0.15) is 31.2 Å².